The Bertz CT molecular complexity index is 522. The number of carbonyl (C=O) groups excluding carboxylic acids is 1. The molecule has 0 bridgehead atoms. The summed E-state index contributed by atoms with van der Waals surface area (Å²) in [5, 5.41) is 9.19. The summed E-state index contributed by atoms with van der Waals surface area (Å²) in [6.45, 7) is 2.79. The second kappa shape index (κ2) is 7.40. The molecule has 1 fully saturated rings. The van der Waals surface area contributed by atoms with E-state index in [1.807, 2.05) is 0 Å². The average Bonchev–Trinajstić information content (AvgIpc) is 2.77. The summed E-state index contributed by atoms with van der Waals surface area (Å²) >= 11 is 0. The van der Waals surface area contributed by atoms with E-state index in [1.165, 1.54) is 24.0 Å². The Morgan fingerprint density at radius 2 is 2.29 bits per heavy atom. The molecule has 0 aliphatic carbocycles. The minimum atomic E-state index is -0.224. The van der Waals surface area contributed by atoms with Gasteiger partial charge in [-0.15, -0.1) is 0 Å². The number of hydrogen-bond acceptors (Lipinski definition) is 4. The summed E-state index contributed by atoms with van der Waals surface area (Å²) in [7, 11) is 3.81. The predicted octanol–water partition coefficient (Wildman–Crippen LogP) is -0.111. The Morgan fingerprint density at radius 3 is 2.95 bits per heavy atom. The molecule has 1 atom stereocenters. The maximum atomic E-state index is 11.8. The number of nitrogens with one attached hydrogen (secondary N) is 2. The smallest absolute Gasteiger partial charge is 0.343 e. The third kappa shape index (κ3) is 4.70. The Morgan fingerprint density at radius 1 is 1.48 bits per heavy atom. The lowest BCUT2D eigenvalue weighted by Crippen LogP contribution is -2.33. The number of nitrogens with zero attached hydrogens (tertiary/aromatic N) is 3. The normalized spacial score (nSPS) is 19.6. The molecule has 0 spiro atoms. The van der Waals surface area contributed by atoms with Crippen LogP contribution in [0.2, 0.25) is 0 Å². The van der Waals surface area contributed by atoms with Gasteiger partial charge in [0, 0.05) is 33.0 Å². The first kappa shape index (κ1) is 15.8. The molecule has 2 heterocycles. The maximum absolute atomic E-state index is 11.8. The summed E-state index contributed by atoms with van der Waals surface area (Å²) in [5.74, 6) is 1.39. The Hall–Kier alpha value is -1.63. The van der Waals surface area contributed by atoms with Crippen LogP contribution in [0.15, 0.2) is 4.79 Å². The highest BCUT2D eigenvalue weighted by Gasteiger charge is 2.17. The van der Waals surface area contributed by atoms with Gasteiger partial charge in [-0.05, 0) is 38.8 Å². The van der Waals surface area contributed by atoms with Crippen molar-refractivity contribution in [2.75, 3.05) is 26.7 Å². The number of aromatic amines is 1. The first-order valence-corrected chi connectivity index (χ1v) is 7.61. The van der Waals surface area contributed by atoms with Crippen molar-refractivity contribution in [2.24, 2.45) is 13.0 Å². The van der Waals surface area contributed by atoms with Gasteiger partial charge in [-0.25, -0.2) is 9.89 Å². The van der Waals surface area contributed by atoms with Gasteiger partial charge >= 0.3 is 5.69 Å². The van der Waals surface area contributed by atoms with E-state index in [9.17, 15) is 9.59 Å². The number of rotatable bonds is 6. The molecule has 1 aliphatic heterocycles. The van der Waals surface area contributed by atoms with E-state index >= 15 is 0 Å². The van der Waals surface area contributed by atoms with Crippen LogP contribution in [0.4, 0.5) is 0 Å². The number of H-pyrrole nitrogens is 1. The minimum Gasteiger partial charge on any atom is -0.356 e. The van der Waals surface area contributed by atoms with Crippen molar-refractivity contribution in [2.45, 2.75) is 32.1 Å². The van der Waals surface area contributed by atoms with Crippen molar-refractivity contribution in [3.63, 3.8) is 0 Å². The van der Waals surface area contributed by atoms with Crippen LogP contribution < -0.4 is 11.0 Å². The Labute approximate surface area is 124 Å². The van der Waals surface area contributed by atoms with Crippen LogP contribution in [0.1, 0.15) is 31.5 Å². The van der Waals surface area contributed by atoms with Gasteiger partial charge in [0.2, 0.25) is 5.91 Å². The highest BCUT2D eigenvalue weighted by molar-refractivity contribution is 5.75. The molecule has 0 radical (unpaired) electrons. The van der Waals surface area contributed by atoms with Gasteiger partial charge in [0.1, 0.15) is 5.82 Å². The molecule has 118 valence electrons. The van der Waals surface area contributed by atoms with Gasteiger partial charge in [-0.1, -0.05) is 0 Å². The molecule has 2 rings (SSSR count). The van der Waals surface area contributed by atoms with Crippen molar-refractivity contribution in [3.05, 3.63) is 16.3 Å². The molecule has 7 nitrogen and oxygen atoms in total. The van der Waals surface area contributed by atoms with Gasteiger partial charge in [0.25, 0.3) is 0 Å². The lowest BCUT2D eigenvalue weighted by atomic mass is 9.93. The number of piperidine rings is 1. The molecule has 7 heteroatoms. The second-order valence-corrected chi connectivity index (χ2v) is 5.91. The van der Waals surface area contributed by atoms with E-state index < -0.39 is 0 Å². The fourth-order valence-electron chi connectivity index (χ4n) is 2.85. The highest BCUT2D eigenvalue weighted by Crippen LogP contribution is 2.19. The molecule has 2 N–H and O–H groups in total. The van der Waals surface area contributed by atoms with Crippen LogP contribution in [0.3, 0.4) is 0 Å². The zero-order valence-corrected chi connectivity index (χ0v) is 12.9. The van der Waals surface area contributed by atoms with Crippen LogP contribution in [0.5, 0.6) is 0 Å². The standard InChI is InChI=1S/C14H25N5O2/c1-18-9-3-4-11(10-18)5-6-13(20)15-8-7-12-16-17-14(21)19(12)2/h11H,3-10H2,1-2H3,(H,15,20)(H,17,21)/t11-/m0/s1. The van der Waals surface area contributed by atoms with Crippen molar-refractivity contribution >= 4 is 5.91 Å². The topological polar surface area (TPSA) is 83.0 Å². The van der Waals surface area contributed by atoms with Gasteiger partial charge < -0.3 is 10.2 Å². The van der Waals surface area contributed by atoms with Crippen molar-refractivity contribution in [1.82, 2.24) is 25.0 Å². The summed E-state index contributed by atoms with van der Waals surface area (Å²) in [6.07, 6.45) is 4.56. The van der Waals surface area contributed by atoms with Crippen LogP contribution in [-0.2, 0) is 18.3 Å². The fraction of sp³-hybridized carbons (Fsp3) is 0.786. The van der Waals surface area contributed by atoms with E-state index in [-0.39, 0.29) is 11.6 Å². The summed E-state index contributed by atoms with van der Waals surface area (Å²) < 4.78 is 1.46. The molecule has 1 aromatic rings. The molecule has 0 aromatic carbocycles. The molecule has 21 heavy (non-hydrogen) atoms. The first-order valence-electron chi connectivity index (χ1n) is 7.61. The average molecular weight is 295 g/mol. The van der Waals surface area contributed by atoms with E-state index in [0.717, 1.165) is 13.0 Å². The number of amides is 1. The van der Waals surface area contributed by atoms with Crippen LogP contribution in [0, 0.1) is 5.92 Å². The van der Waals surface area contributed by atoms with Gasteiger partial charge in [-0.3, -0.25) is 9.36 Å². The second-order valence-electron chi connectivity index (χ2n) is 5.91. The van der Waals surface area contributed by atoms with Crippen LogP contribution in [-0.4, -0.2) is 52.3 Å². The zero-order valence-electron chi connectivity index (χ0n) is 12.9. The minimum absolute atomic E-state index is 0.0868. The summed E-state index contributed by atoms with van der Waals surface area (Å²) in [6, 6.07) is 0. The lowest BCUT2D eigenvalue weighted by Gasteiger charge is -2.29. The number of carbonyl (C=O) groups is 1. The SMILES string of the molecule is CN1CCC[C@@H](CCC(=O)NCCc2n[nH]c(=O)n2C)C1. The fourth-order valence-corrected chi connectivity index (χ4v) is 2.85. The third-order valence-electron chi connectivity index (χ3n) is 4.14. The van der Waals surface area contributed by atoms with Gasteiger partial charge in [0.05, 0.1) is 0 Å². The Kier molecular flexibility index (Phi) is 5.55. The molecular weight excluding hydrogens is 270 g/mol. The van der Waals surface area contributed by atoms with E-state index in [1.54, 1.807) is 7.05 Å². The maximum Gasteiger partial charge on any atom is 0.343 e. The molecule has 1 aromatic heterocycles. The van der Waals surface area contributed by atoms with Crippen LogP contribution in [0.25, 0.3) is 0 Å². The molecule has 0 saturated carbocycles. The zero-order chi connectivity index (χ0) is 15.2. The predicted molar refractivity (Wildman–Crippen MR) is 80.0 cm³/mol. The molecule has 1 aliphatic rings. The highest BCUT2D eigenvalue weighted by atomic mass is 16.2. The van der Waals surface area contributed by atoms with Crippen LogP contribution >= 0.6 is 0 Å². The first-order chi connectivity index (χ1) is 10.1. The number of aromatic nitrogens is 3. The molecular formula is C14H25N5O2. The van der Waals surface area contributed by atoms with Crippen molar-refractivity contribution in [1.29, 1.82) is 0 Å². The Balaban J connectivity index is 1.63. The molecule has 1 saturated heterocycles. The molecule has 0 unspecified atom stereocenters. The van der Waals surface area contributed by atoms with E-state index in [0.29, 0.717) is 31.1 Å². The van der Waals surface area contributed by atoms with Gasteiger partial charge in [0.15, 0.2) is 0 Å². The molecule has 1 amide bonds. The number of likely N-dealkylation sites (tertiary alicyclic amines) is 1. The third-order valence-corrected chi connectivity index (χ3v) is 4.14. The summed E-state index contributed by atoms with van der Waals surface area (Å²) in [5.41, 5.74) is -0.224. The number of hydrogen-bond donors (Lipinski definition) is 2. The lowest BCUT2D eigenvalue weighted by molar-refractivity contribution is -0.121. The van der Waals surface area contributed by atoms with Gasteiger partial charge in [-0.2, -0.15) is 5.10 Å². The van der Waals surface area contributed by atoms with E-state index in [2.05, 4.69) is 27.5 Å². The van der Waals surface area contributed by atoms with Crippen molar-refractivity contribution < 1.29 is 4.79 Å². The van der Waals surface area contributed by atoms with Crippen molar-refractivity contribution in [3.8, 4) is 0 Å². The van der Waals surface area contributed by atoms with E-state index in [4.69, 9.17) is 0 Å². The monoisotopic (exact) mass is 295 g/mol. The summed E-state index contributed by atoms with van der Waals surface area (Å²) in [4.78, 5) is 25.4. The largest absolute Gasteiger partial charge is 0.356 e. The quantitative estimate of drug-likeness (QED) is 0.767.